The summed E-state index contributed by atoms with van der Waals surface area (Å²) < 4.78 is 112. The molecule has 4 aromatic rings. The molecule has 2 atom stereocenters. The van der Waals surface area contributed by atoms with Crippen LogP contribution in [-0.4, -0.2) is 36.9 Å². The number of rotatable bonds is 8. The summed E-state index contributed by atoms with van der Waals surface area (Å²) in [7, 11) is 0. The van der Waals surface area contributed by atoms with Crippen LogP contribution in [0.25, 0.3) is 22.2 Å². The van der Waals surface area contributed by atoms with E-state index in [1.807, 2.05) is 0 Å². The standard InChI is InChI=1S/C25H20F8N6O2/c1-11(37-16-9-36-38-22(40)18(16)25(31,32)33)5-14(26)10-39-4-3-12-6-15(19(27)20(28)17(12)23(39)41)21-34-7-13(8-35-21)24(2,29)30/h3-4,6-9,11,14H,5,10H2,1-2H3,(H2,37,38,40)/t11-,14-/m1/s1. The zero-order chi connectivity index (χ0) is 30.3. The van der Waals surface area contributed by atoms with E-state index in [1.165, 1.54) is 13.0 Å². The van der Waals surface area contributed by atoms with Gasteiger partial charge in [-0.25, -0.2) is 37.0 Å². The molecular weight excluding hydrogens is 568 g/mol. The SMILES string of the molecule is C[C@H](C[C@@H](F)Cn1ccc2cc(-c3ncc(C(C)(F)F)cn3)c(F)c(F)c2c1=O)Nc1cn[nH]c(=O)c1C(F)(F)F. The minimum Gasteiger partial charge on any atom is -0.381 e. The largest absolute Gasteiger partial charge is 0.423 e. The molecule has 0 fully saturated rings. The predicted octanol–water partition coefficient (Wildman–Crippen LogP) is 5.18. The van der Waals surface area contributed by atoms with Crippen LogP contribution in [0.2, 0.25) is 0 Å². The lowest BCUT2D eigenvalue weighted by atomic mass is 10.1. The highest BCUT2D eigenvalue weighted by molar-refractivity contribution is 5.86. The highest BCUT2D eigenvalue weighted by atomic mass is 19.4. The van der Waals surface area contributed by atoms with Crippen LogP contribution in [0.15, 0.2) is 46.5 Å². The predicted molar refractivity (Wildman–Crippen MR) is 131 cm³/mol. The Bertz CT molecular complexity index is 1700. The van der Waals surface area contributed by atoms with Gasteiger partial charge in [-0.15, -0.1) is 0 Å². The Hall–Kier alpha value is -4.37. The number of hydrogen-bond donors (Lipinski definition) is 2. The number of anilines is 1. The number of halogens is 8. The van der Waals surface area contributed by atoms with Gasteiger partial charge in [-0.3, -0.25) is 9.59 Å². The van der Waals surface area contributed by atoms with E-state index >= 15 is 4.39 Å². The van der Waals surface area contributed by atoms with Crippen LogP contribution in [-0.2, 0) is 18.6 Å². The van der Waals surface area contributed by atoms with E-state index in [-0.39, 0.29) is 5.39 Å². The van der Waals surface area contributed by atoms with Crippen molar-refractivity contribution < 1.29 is 35.1 Å². The smallest absolute Gasteiger partial charge is 0.381 e. The fraction of sp³-hybridized carbons (Fsp3) is 0.320. The van der Waals surface area contributed by atoms with Gasteiger partial charge in [0.1, 0.15) is 11.7 Å². The monoisotopic (exact) mass is 588 g/mol. The van der Waals surface area contributed by atoms with Gasteiger partial charge in [0.25, 0.3) is 17.0 Å². The lowest BCUT2D eigenvalue weighted by molar-refractivity contribution is -0.138. The Kier molecular flexibility index (Phi) is 7.87. The maximum atomic E-state index is 15.0. The van der Waals surface area contributed by atoms with Crippen molar-refractivity contribution >= 4 is 16.5 Å². The molecular formula is C25H20F8N6O2. The first-order valence-corrected chi connectivity index (χ1v) is 11.8. The van der Waals surface area contributed by atoms with Crippen LogP contribution >= 0.6 is 0 Å². The zero-order valence-electron chi connectivity index (χ0n) is 21.2. The molecule has 0 aliphatic rings. The number of hydrogen-bond acceptors (Lipinski definition) is 6. The molecule has 0 saturated carbocycles. The van der Waals surface area contributed by atoms with Crippen molar-refractivity contribution in [1.29, 1.82) is 0 Å². The number of pyridine rings is 1. The first-order valence-electron chi connectivity index (χ1n) is 11.8. The second-order valence-electron chi connectivity index (χ2n) is 9.34. The first-order chi connectivity index (χ1) is 19.1. The van der Waals surface area contributed by atoms with E-state index in [1.54, 1.807) is 5.10 Å². The average Bonchev–Trinajstić information content (AvgIpc) is 2.86. The van der Waals surface area contributed by atoms with Crippen molar-refractivity contribution in [3.05, 3.63) is 80.4 Å². The van der Waals surface area contributed by atoms with Crippen molar-refractivity contribution in [3.8, 4) is 11.4 Å². The second kappa shape index (κ2) is 10.9. The van der Waals surface area contributed by atoms with Gasteiger partial charge in [0.05, 0.1) is 34.9 Å². The molecule has 2 N–H and O–H groups in total. The molecule has 0 radical (unpaired) electrons. The van der Waals surface area contributed by atoms with Gasteiger partial charge in [0.15, 0.2) is 17.5 Å². The molecule has 0 unspecified atom stereocenters. The molecule has 4 rings (SSSR count). The second-order valence-corrected chi connectivity index (χ2v) is 9.34. The molecule has 16 heteroatoms. The summed E-state index contributed by atoms with van der Waals surface area (Å²) in [5.41, 5.74) is -5.83. The van der Waals surface area contributed by atoms with Crippen LogP contribution in [0.3, 0.4) is 0 Å². The van der Waals surface area contributed by atoms with Crippen LogP contribution in [0.1, 0.15) is 31.4 Å². The van der Waals surface area contributed by atoms with Gasteiger partial charge in [-0.1, -0.05) is 0 Å². The van der Waals surface area contributed by atoms with Crippen LogP contribution in [0.4, 0.5) is 40.8 Å². The lowest BCUT2D eigenvalue weighted by Gasteiger charge is -2.20. The third-order valence-corrected chi connectivity index (χ3v) is 6.09. The molecule has 8 nitrogen and oxygen atoms in total. The topological polar surface area (TPSA) is 106 Å². The Labute approximate surface area is 225 Å². The fourth-order valence-corrected chi connectivity index (χ4v) is 4.16. The summed E-state index contributed by atoms with van der Waals surface area (Å²) in [5.74, 6) is -6.78. The van der Waals surface area contributed by atoms with E-state index in [9.17, 15) is 40.3 Å². The average molecular weight is 588 g/mol. The first kappa shape index (κ1) is 29.6. The fourth-order valence-electron chi connectivity index (χ4n) is 4.16. The third-order valence-electron chi connectivity index (χ3n) is 6.09. The molecule has 0 spiro atoms. The molecule has 0 saturated heterocycles. The van der Waals surface area contributed by atoms with Crippen molar-refractivity contribution in [2.75, 3.05) is 5.32 Å². The normalized spacial score (nSPS) is 13.8. The molecule has 218 valence electrons. The highest BCUT2D eigenvalue weighted by Gasteiger charge is 2.37. The molecule has 3 heterocycles. The minimum atomic E-state index is -5.01. The summed E-state index contributed by atoms with van der Waals surface area (Å²) in [6.07, 6.45) is -3.93. The van der Waals surface area contributed by atoms with E-state index in [0.29, 0.717) is 6.92 Å². The summed E-state index contributed by atoms with van der Waals surface area (Å²) in [5, 5.41) is 6.55. The van der Waals surface area contributed by atoms with E-state index in [4.69, 9.17) is 0 Å². The highest BCUT2D eigenvalue weighted by Crippen LogP contribution is 2.32. The zero-order valence-corrected chi connectivity index (χ0v) is 21.2. The summed E-state index contributed by atoms with van der Waals surface area (Å²) in [4.78, 5) is 31.8. The van der Waals surface area contributed by atoms with Crippen molar-refractivity contribution in [2.45, 2.75) is 51.1 Å². The van der Waals surface area contributed by atoms with E-state index in [0.717, 1.165) is 35.4 Å². The molecule has 3 aromatic heterocycles. The lowest BCUT2D eigenvalue weighted by Crippen LogP contribution is -2.30. The maximum Gasteiger partial charge on any atom is 0.423 e. The summed E-state index contributed by atoms with van der Waals surface area (Å²) in [6, 6.07) is 1.27. The quantitative estimate of drug-likeness (QED) is 0.275. The van der Waals surface area contributed by atoms with Crippen LogP contribution in [0.5, 0.6) is 0 Å². The van der Waals surface area contributed by atoms with Gasteiger partial charge in [-0.2, -0.15) is 18.3 Å². The van der Waals surface area contributed by atoms with E-state index in [2.05, 4.69) is 20.4 Å². The van der Waals surface area contributed by atoms with Gasteiger partial charge < -0.3 is 9.88 Å². The Balaban J connectivity index is 1.56. The number of alkyl halides is 6. The van der Waals surface area contributed by atoms with Gasteiger partial charge in [-0.05, 0) is 24.4 Å². The molecule has 1 aromatic carbocycles. The minimum absolute atomic E-state index is 0.0967. The van der Waals surface area contributed by atoms with E-state index < -0.39 is 93.6 Å². The summed E-state index contributed by atoms with van der Waals surface area (Å²) >= 11 is 0. The number of benzene rings is 1. The molecule has 0 bridgehead atoms. The van der Waals surface area contributed by atoms with Gasteiger partial charge in [0, 0.05) is 38.0 Å². The van der Waals surface area contributed by atoms with Crippen molar-refractivity contribution in [3.63, 3.8) is 0 Å². The van der Waals surface area contributed by atoms with Gasteiger partial charge in [0.2, 0.25) is 0 Å². The third kappa shape index (κ3) is 6.20. The van der Waals surface area contributed by atoms with Crippen LogP contribution < -0.4 is 16.4 Å². The van der Waals surface area contributed by atoms with Crippen molar-refractivity contribution in [2.24, 2.45) is 0 Å². The van der Waals surface area contributed by atoms with Crippen LogP contribution in [0, 0.1) is 11.6 Å². The maximum absolute atomic E-state index is 15.0. The number of fused-ring (bicyclic) bond motifs is 1. The number of nitrogens with one attached hydrogen (secondary N) is 2. The number of H-pyrrole nitrogens is 1. The molecule has 0 aliphatic carbocycles. The Morgan fingerprint density at radius 2 is 1.71 bits per heavy atom. The Morgan fingerprint density at radius 1 is 1.05 bits per heavy atom. The van der Waals surface area contributed by atoms with Gasteiger partial charge >= 0.3 is 6.18 Å². The molecule has 0 amide bonds. The number of nitrogens with zero attached hydrogens (tertiary/aromatic N) is 4. The molecule has 41 heavy (non-hydrogen) atoms. The number of aromatic nitrogens is 5. The number of aromatic amines is 1. The molecule has 0 aliphatic heterocycles. The summed E-state index contributed by atoms with van der Waals surface area (Å²) in [6.45, 7) is 1.29. The van der Waals surface area contributed by atoms with Crippen molar-refractivity contribution in [1.82, 2.24) is 24.7 Å². The Morgan fingerprint density at radius 3 is 2.32 bits per heavy atom.